The quantitative estimate of drug-likeness (QED) is 0.184. The molecule has 242 valence electrons. The minimum absolute atomic E-state index is 0.0962. The van der Waals surface area contributed by atoms with Crippen molar-refractivity contribution in [1.82, 2.24) is 15.1 Å². The fourth-order valence-electron chi connectivity index (χ4n) is 5.17. The van der Waals surface area contributed by atoms with Gasteiger partial charge in [-0.1, -0.05) is 86.6 Å². The predicted molar refractivity (Wildman–Crippen MR) is 184 cm³/mol. The zero-order valence-corrected chi connectivity index (χ0v) is 27.8. The van der Waals surface area contributed by atoms with Crippen LogP contribution in [0.2, 0.25) is 0 Å². The van der Waals surface area contributed by atoms with Crippen LogP contribution >= 0.6 is 11.3 Å². The van der Waals surface area contributed by atoms with Gasteiger partial charge in [0.25, 0.3) is 5.91 Å². The molecule has 0 radical (unpaired) electrons. The molecular formula is C37H44N4O4S. The number of hydrogen-bond donors (Lipinski definition) is 3. The second-order valence-corrected chi connectivity index (χ2v) is 13.4. The normalized spacial score (nSPS) is 12.7. The number of carbonyl (C=O) groups excluding carboxylic acids is 3. The third-order valence-corrected chi connectivity index (χ3v) is 9.13. The number of hydrogen-bond acceptors (Lipinski definition) is 6. The molecule has 0 aliphatic carbocycles. The van der Waals surface area contributed by atoms with E-state index >= 15 is 0 Å². The van der Waals surface area contributed by atoms with E-state index in [1.165, 1.54) is 21.1 Å². The smallest absolute Gasteiger partial charge is 0.254 e. The molecule has 4 aromatic rings. The van der Waals surface area contributed by atoms with Crippen molar-refractivity contribution in [1.29, 1.82) is 0 Å². The lowest BCUT2D eigenvalue weighted by molar-refractivity contribution is -0.142. The lowest BCUT2D eigenvalue weighted by atomic mass is 9.94. The van der Waals surface area contributed by atoms with Gasteiger partial charge in [0.15, 0.2) is 0 Å². The minimum atomic E-state index is -0.894. The third-order valence-electron chi connectivity index (χ3n) is 8.23. The number of thiophene rings is 1. The topological polar surface area (TPSA) is 116 Å². The van der Waals surface area contributed by atoms with E-state index in [4.69, 9.17) is 5.73 Å². The number of nitrogens with one attached hydrogen (secondary N) is 1. The van der Waals surface area contributed by atoms with Crippen LogP contribution in [0.3, 0.4) is 0 Å². The predicted octanol–water partition coefficient (Wildman–Crippen LogP) is 4.76. The molecule has 4 N–H and O–H groups in total. The molecule has 0 aliphatic heterocycles. The van der Waals surface area contributed by atoms with Crippen LogP contribution in [0.15, 0.2) is 96.4 Å². The molecule has 8 nitrogen and oxygen atoms in total. The minimum Gasteiger partial charge on any atom is -0.396 e. The van der Waals surface area contributed by atoms with Gasteiger partial charge in [0, 0.05) is 62.5 Å². The highest BCUT2D eigenvalue weighted by molar-refractivity contribution is 7.09. The van der Waals surface area contributed by atoms with Crippen LogP contribution in [-0.2, 0) is 29.0 Å². The maximum Gasteiger partial charge on any atom is 0.254 e. The summed E-state index contributed by atoms with van der Waals surface area (Å²) in [5.41, 5.74) is 9.58. The number of aliphatic hydroxyl groups excluding tert-OH is 1. The van der Waals surface area contributed by atoms with Gasteiger partial charge in [-0.2, -0.15) is 0 Å². The third kappa shape index (κ3) is 8.90. The molecule has 3 amide bonds. The maximum atomic E-state index is 14.5. The molecule has 1 heterocycles. The summed E-state index contributed by atoms with van der Waals surface area (Å²) in [5.74, 6) is -0.982. The number of amides is 3. The summed E-state index contributed by atoms with van der Waals surface area (Å²) in [6.45, 7) is 4.15. The van der Waals surface area contributed by atoms with Crippen molar-refractivity contribution in [2.24, 2.45) is 11.1 Å². The number of rotatable bonds is 14. The first kappa shape index (κ1) is 34.6. The van der Waals surface area contributed by atoms with E-state index in [2.05, 4.69) is 5.32 Å². The monoisotopic (exact) mass is 640 g/mol. The Morgan fingerprint density at radius 1 is 0.826 bits per heavy atom. The fraction of sp³-hybridized carbons (Fsp3) is 0.324. The van der Waals surface area contributed by atoms with Crippen LogP contribution in [0.5, 0.6) is 0 Å². The van der Waals surface area contributed by atoms with Gasteiger partial charge in [0.1, 0.15) is 12.1 Å². The van der Waals surface area contributed by atoms with E-state index in [1.54, 1.807) is 32.3 Å². The van der Waals surface area contributed by atoms with Crippen molar-refractivity contribution in [2.75, 3.05) is 27.2 Å². The Morgan fingerprint density at radius 3 is 2.15 bits per heavy atom. The summed E-state index contributed by atoms with van der Waals surface area (Å²) in [7, 11) is 3.25. The zero-order valence-electron chi connectivity index (χ0n) is 27.0. The molecule has 0 aliphatic rings. The van der Waals surface area contributed by atoms with E-state index in [-0.39, 0.29) is 43.8 Å². The van der Waals surface area contributed by atoms with Crippen molar-refractivity contribution >= 4 is 29.1 Å². The Kier molecular flexibility index (Phi) is 11.9. The van der Waals surface area contributed by atoms with Crippen molar-refractivity contribution in [3.05, 3.63) is 118 Å². The number of benzene rings is 3. The van der Waals surface area contributed by atoms with E-state index in [9.17, 15) is 19.5 Å². The molecule has 2 atom stereocenters. The van der Waals surface area contributed by atoms with Crippen LogP contribution in [0, 0.1) is 5.41 Å². The van der Waals surface area contributed by atoms with Crippen molar-refractivity contribution in [2.45, 2.75) is 45.3 Å². The van der Waals surface area contributed by atoms with Crippen LogP contribution in [0.1, 0.15) is 40.2 Å². The SMILES string of the molecule is CN(C(=O)c1cccc(CN)c1)[C@H](Cc1ccc(-c2ccccc2)cc1)C(=O)N(C)[C@H](Cc1cccs1)C(=O)NCC(C)(C)CO. The van der Waals surface area contributed by atoms with Gasteiger partial charge < -0.3 is 26.0 Å². The van der Waals surface area contributed by atoms with E-state index < -0.39 is 17.5 Å². The van der Waals surface area contributed by atoms with Crippen LogP contribution in [0.25, 0.3) is 11.1 Å². The summed E-state index contributed by atoms with van der Waals surface area (Å²) < 4.78 is 0. The summed E-state index contributed by atoms with van der Waals surface area (Å²) in [5, 5.41) is 14.6. The zero-order chi connectivity index (χ0) is 33.3. The summed E-state index contributed by atoms with van der Waals surface area (Å²) in [6.07, 6.45) is 0.571. The van der Waals surface area contributed by atoms with E-state index in [1.807, 2.05) is 92.0 Å². The van der Waals surface area contributed by atoms with Gasteiger partial charge in [-0.05, 0) is 45.8 Å². The van der Waals surface area contributed by atoms with E-state index in [0.717, 1.165) is 27.1 Å². The summed E-state index contributed by atoms with van der Waals surface area (Å²) >= 11 is 1.52. The van der Waals surface area contributed by atoms with Gasteiger partial charge in [-0.3, -0.25) is 14.4 Å². The number of nitrogens with two attached hydrogens (primary N) is 1. The highest BCUT2D eigenvalue weighted by Gasteiger charge is 2.36. The second-order valence-electron chi connectivity index (χ2n) is 12.4. The number of carbonyl (C=O) groups is 3. The number of nitrogens with zero attached hydrogens (tertiary/aromatic N) is 2. The summed E-state index contributed by atoms with van der Waals surface area (Å²) in [4.78, 5) is 45.8. The molecule has 0 saturated carbocycles. The molecule has 0 fully saturated rings. The molecule has 9 heteroatoms. The Balaban J connectivity index is 1.66. The van der Waals surface area contributed by atoms with Gasteiger partial charge in [0.2, 0.25) is 11.8 Å². The van der Waals surface area contributed by atoms with Crippen LogP contribution in [0.4, 0.5) is 0 Å². The molecule has 0 spiro atoms. The molecule has 1 aromatic heterocycles. The average molecular weight is 641 g/mol. The fourth-order valence-corrected chi connectivity index (χ4v) is 5.91. The molecule has 3 aromatic carbocycles. The maximum absolute atomic E-state index is 14.5. The van der Waals surface area contributed by atoms with Crippen LogP contribution < -0.4 is 11.1 Å². The first-order valence-corrected chi connectivity index (χ1v) is 16.3. The molecule has 46 heavy (non-hydrogen) atoms. The van der Waals surface area contributed by atoms with Crippen molar-refractivity contribution < 1.29 is 19.5 Å². The second kappa shape index (κ2) is 15.8. The molecule has 0 unspecified atom stereocenters. The van der Waals surface area contributed by atoms with Gasteiger partial charge in [0.05, 0.1) is 0 Å². The number of aliphatic hydroxyl groups is 1. The van der Waals surface area contributed by atoms with E-state index in [0.29, 0.717) is 12.0 Å². The van der Waals surface area contributed by atoms with Gasteiger partial charge in [-0.25, -0.2) is 0 Å². The Labute approximate surface area is 275 Å². The summed E-state index contributed by atoms with van der Waals surface area (Å²) in [6, 6.07) is 27.2. The van der Waals surface area contributed by atoms with Crippen LogP contribution in [-0.4, -0.2) is 72.0 Å². The lowest BCUT2D eigenvalue weighted by Gasteiger charge is -2.35. The van der Waals surface area contributed by atoms with Gasteiger partial charge in [-0.15, -0.1) is 11.3 Å². The molecule has 4 rings (SSSR count). The lowest BCUT2D eigenvalue weighted by Crippen LogP contribution is -2.56. The Bertz CT molecular complexity index is 1590. The average Bonchev–Trinajstić information content (AvgIpc) is 3.61. The highest BCUT2D eigenvalue weighted by atomic mass is 32.1. The first-order chi connectivity index (χ1) is 22.0. The highest BCUT2D eigenvalue weighted by Crippen LogP contribution is 2.23. The standard InChI is InChI=1S/C37H44N4O4S/c1-37(2,25-42)24-39-34(43)32(22-31-14-9-19-46-31)40(3)36(45)33(41(4)35(44)30-13-8-10-27(20-30)23-38)21-26-15-17-29(18-16-26)28-11-6-5-7-12-28/h5-20,32-33,42H,21-25,38H2,1-4H3,(H,39,43)/t32-,33-/m1/s1. The first-order valence-electron chi connectivity index (χ1n) is 15.4. The molecule has 0 saturated heterocycles. The Morgan fingerprint density at radius 2 is 1.52 bits per heavy atom. The van der Waals surface area contributed by atoms with Crippen molar-refractivity contribution in [3.63, 3.8) is 0 Å². The van der Waals surface area contributed by atoms with Crippen molar-refractivity contribution in [3.8, 4) is 11.1 Å². The van der Waals surface area contributed by atoms with Gasteiger partial charge >= 0.3 is 0 Å². The molecule has 0 bridgehead atoms. The largest absolute Gasteiger partial charge is 0.396 e. The molecular weight excluding hydrogens is 596 g/mol. The number of likely N-dealkylation sites (N-methyl/N-ethyl adjacent to an activating group) is 2. The Hall–Kier alpha value is -4.31.